The second-order valence-electron chi connectivity index (χ2n) is 16.1. The minimum atomic E-state index is -0.925. The van der Waals surface area contributed by atoms with Gasteiger partial charge in [-0.25, -0.2) is 9.18 Å². The van der Waals surface area contributed by atoms with Crippen LogP contribution in [0.2, 0.25) is 0 Å². The third-order valence-electron chi connectivity index (χ3n) is 9.43. The zero-order valence-electron chi connectivity index (χ0n) is 29.6. The van der Waals surface area contributed by atoms with Gasteiger partial charge >= 0.3 is 6.09 Å². The Labute approximate surface area is 288 Å². The number of likely N-dealkylation sites (tertiary alicyclic amines) is 3. The van der Waals surface area contributed by atoms with E-state index in [1.807, 2.05) is 65.5 Å². The first kappa shape index (κ1) is 36.3. The van der Waals surface area contributed by atoms with E-state index in [1.54, 1.807) is 35.2 Å². The number of ether oxygens (including phenoxy) is 1. The van der Waals surface area contributed by atoms with Crippen LogP contribution in [-0.2, 0) is 19.1 Å². The molecular formula is C37H50FN5O6. The predicted molar refractivity (Wildman–Crippen MR) is 183 cm³/mol. The Morgan fingerprint density at radius 3 is 2.18 bits per heavy atom. The van der Waals surface area contributed by atoms with Gasteiger partial charge in [-0.2, -0.15) is 0 Å². The van der Waals surface area contributed by atoms with E-state index in [1.165, 1.54) is 11.0 Å². The van der Waals surface area contributed by atoms with Crippen LogP contribution in [0.5, 0.6) is 0 Å². The monoisotopic (exact) mass is 679 g/mol. The third-order valence-corrected chi connectivity index (χ3v) is 9.43. The number of amides is 4. The molecule has 3 aliphatic heterocycles. The second-order valence-corrected chi connectivity index (χ2v) is 16.1. The van der Waals surface area contributed by atoms with Crippen molar-refractivity contribution >= 4 is 23.8 Å². The molecule has 3 aliphatic rings. The molecule has 12 heteroatoms. The van der Waals surface area contributed by atoms with Crippen LogP contribution >= 0.6 is 0 Å². The van der Waals surface area contributed by atoms with Crippen LogP contribution in [0.25, 0.3) is 11.1 Å². The summed E-state index contributed by atoms with van der Waals surface area (Å²) < 4.78 is 19.7. The highest BCUT2D eigenvalue weighted by atomic mass is 19.1. The molecule has 4 atom stereocenters. The molecule has 0 aromatic heterocycles. The molecule has 266 valence electrons. The topological polar surface area (TPSA) is 132 Å². The number of hydrogen-bond donors (Lipinski definition) is 3. The first-order valence-electron chi connectivity index (χ1n) is 17.0. The molecule has 0 saturated carbocycles. The van der Waals surface area contributed by atoms with E-state index in [2.05, 4.69) is 10.6 Å². The summed E-state index contributed by atoms with van der Waals surface area (Å²) in [6, 6.07) is 11.5. The third kappa shape index (κ3) is 8.41. The van der Waals surface area contributed by atoms with E-state index in [0.717, 1.165) is 5.56 Å². The summed E-state index contributed by atoms with van der Waals surface area (Å²) in [6.07, 6.45) is -1.13. The molecule has 3 heterocycles. The smallest absolute Gasteiger partial charge is 0.410 e. The van der Waals surface area contributed by atoms with Gasteiger partial charge in [0.05, 0.1) is 18.7 Å². The Morgan fingerprint density at radius 1 is 0.959 bits per heavy atom. The average molecular weight is 680 g/mol. The molecule has 11 nitrogen and oxygen atoms in total. The minimum Gasteiger partial charge on any atom is -0.444 e. The summed E-state index contributed by atoms with van der Waals surface area (Å²) >= 11 is 0. The summed E-state index contributed by atoms with van der Waals surface area (Å²) in [4.78, 5) is 58.1. The number of β-amino-alcohol motifs (C(OH)–C–C–N with tert-alkyl or cyclic N) is 1. The molecule has 2 aromatic rings. The minimum absolute atomic E-state index is 0.0200. The van der Waals surface area contributed by atoms with Crippen LogP contribution in [0.15, 0.2) is 48.5 Å². The standard InChI is InChI=1S/C37H50FN5O6/c1-23(24-12-14-25(15-13-24)27-10-8-9-11-28(27)38)39-32(46)29-16-26(44)17-43(29)33(47)31(35(2,3)4)40-30(45)18-41-19-37(20-41)21-42(22-37)34(48)49-36(5,6)7/h8-15,23,26,29,31,44H,16-22H2,1-7H3,(H,39,46)(H,40,45)/t23-,26+,29-,31+/m0/s1. The van der Waals surface area contributed by atoms with Crippen LogP contribution in [-0.4, -0.2) is 107 Å². The lowest BCUT2D eigenvalue weighted by atomic mass is 9.73. The van der Waals surface area contributed by atoms with Gasteiger partial charge in [-0.15, -0.1) is 0 Å². The summed E-state index contributed by atoms with van der Waals surface area (Å²) in [5.41, 5.74) is 0.734. The van der Waals surface area contributed by atoms with Gasteiger partial charge in [0.1, 0.15) is 23.5 Å². The zero-order valence-corrected chi connectivity index (χ0v) is 29.6. The van der Waals surface area contributed by atoms with E-state index in [9.17, 15) is 28.7 Å². The Balaban J connectivity index is 1.16. The lowest BCUT2D eigenvalue weighted by Gasteiger charge is -2.59. The Hall–Kier alpha value is -4.03. The number of nitrogens with zero attached hydrogens (tertiary/aromatic N) is 3. The van der Waals surface area contributed by atoms with Gasteiger partial charge < -0.3 is 30.3 Å². The molecule has 0 unspecified atom stereocenters. The summed E-state index contributed by atoms with van der Waals surface area (Å²) in [5.74, 6) is -1.45. The van der Waals surface area contributed by atoms with Gasteiger partial charge in [-0.3, -0.25) is 19.3 Å². The number of benzene rings is 2. The number of nitrogens with one attached hydrogen (secondary N) is 2. The predicted octanol–water partition coefficient (Wildman–Crippen LogP) is 3.72. The van der Waals surface area contributed by atoms with Crippen molar-refractivity contribution in [3.63, 3.8) is 0 Å². The fourth-order valence-electron chi connectivity index (χ4n) is 7.00. The van der Waals surface area contributed by atoms with Crippen molar-refractivity contribution in [2.24, 2.45) is 10.8 Å². The molecule has 4 amide bonds. The number of rotatable bonds is 8. The van der Waals surface area contributed by atoms with E-state index in [-0.39, 0.29) is 42.7 Å². The molecule has 2 aromatic carbocycles. The number of carbonyl (C=O) groups excluding carboxylic acids is 4. The van der Waals surface area contributed by atoms with Crippen molar-refractivity contribution in [2.45, 2.75) is 84.7 Å². The van der Waals surface area contributed by atoms with E-state index in [4.69, 9.17) is 4.74 Å². The highest BCUT2D eigenvalue weighted by molar-refractivity contribution is 5.93. The van der Waals surface area contributed by atoms with Crippen LogP contribution in [0.4, 0.5) is 9.18 Å². The van der Waals surface area contributed by atoms with Gasteiger partial charge in [0.2, 0.25) is 17.7 Å². The summed E-state index contributed by atoms with van der Waals surface area (Å²) in [5, 5.41) is 16.4. The number of hydrogen-bond acceptors (Lipinski definition) is 7. The molecule has 0 bridgehead atoms. The van der Waals surface area contributed by atoms with Crippen molar-refractivity contribution in [3.05, 3.63) is 59.9 Å². The lowest BCUT2D eigenvalue weighted by molar-refractivity contribution is -0.146. The zero-order chi connectivity index (χ0) is 35.9. The van der Waals surface area contributed by atoms with E-state index in [0.29, 0.717) is 37.3 Å². The van der Waals surface area contributed by atoms with E-state index >= 15 is 0 Å². The molecule has 3 saturated heterocycles. The Kier molecular flexibility index (Phi) is 10.1. The largest absolute Gasteiger partial charge is 0.444 e. The first-order chi connectivity index (χ1) is 22.8. The van der Waals surface area contributed by atoms with Gasteiger partial charge in [0, 0.05) is 50.1 Å². The van der Waals surface area contributed by atoms with Gasteiger partial charge in [-0.1, -0.05) is 63.2 Å². The number of carbonyl (C=O) groups is 4. The Morgan fingerprint density at radius 2 is 1.59 bits per heavy atom. The number of aliphatic hydroxyl groups is 1. The second kappa shape index (κ2) is 13.7. The van der Waals surface area contributed by atoms with Crippen molar-refractivity contribution in [1.82, 2.24) is 25.3 Å². The fourth-order valence-corrected chi connectivity index (χ4v) is 7.00. The van der Waals surface area contributed by atoms with Crippen LogP contribution in [0.1, 0.15) is 66.5 Å². The first-order valence-corrected chi connectivity index (χ1v) is 17.0. The summed E-state index contributed by atoms with van der Waals surface area (Å²) in [6.45, 7) is 15.5. The van der Waals surface area contributed by atoms with Crippen molar-refractivity contribution in [3.8, 4) is 11.1 Å². The number of aliphatic hydroxyl groups excluding tert-OH is 1. The maximum absolute atomic E-state index is 14.3. The van der Waals surface area contributed by atoms with Crippen molar-refractivity contribution in [1.29, 1.82) is 0 Å². The normalized spacial score (nSPS) is 21.7. The van der Waals surface area contributed by atoms with E-state index < -0.39 is 47.1 Å². The highest BCUT2D eigenvalue weighted by Gasteiger charge is 2.54. The SMILES string of the molecule is C[C@H](NC(=O)[C@@H]1C[C@@H](O)CN1C(=O)[C@@H](NC(=O)CN1CC2(C1)CN(C(=O)OC(C)(C)C)C2)C(C)(C)C)c1ccc(-c2ccccc2F)cc1. The molecule has 1 spiro atoms. The molecular weight excluding hydrogens is 629 g/mol. The lowest BCUT2D eigenvalue weighted by Crippen LogP contribution is -2.73. The van der Waals surface area contributed by atoms with Crippen LogP contribution in [0.3, 0.4) is 0 Å². The molecule has 3 N–H and O–H groups in total. The Bertz CT molecular complexity index is 1550. The molecule has 5 rings (SSSR count). The highest BCUT2D eigenvalue weighted by Crippen LogP contribution is 2.40. The molecule has 0 radical (unpaired) electrons. The van der Waals surface area contributed by atoms with Crippen molar-refractivity contribution in [2.75, 3.05) is 39.3 Å². The van der Waals surface area contributed by atoms with Gasteiger partial charge in [-0.05, 0) is 50.3 Å². The van der Waals surface area contributed by atoms with Crippen LogP contribution in [0, 0.1) is 16.6 Å². The quantitative estimate of drug-likeness (QED) is 0.388. The van der Waals surface area contributed by atoms with Crippen LogP contribution < -0.4 is 10.6 Å². The fraction of sp³-hybridized carbons (Fsp3) is 0.568. The maximum Gasteiger partial charge on any atom is 0.410 e. The molecule has 3 fully saturated rings. The maximum atomic E-state index is 14.3. The van der Waals surface area contributed by atoms with Gasteiger partial charge in [0.25, 0.3) is 0 Å². The van der Waals surface area contributed by atoms with Crippen molar-refractivity contribution < 1.29 is 33.4 Å². The average Bonchev–Trinajstić information content (AvgIpc) is 3.36. The molecule has 49 heavy (non-hydrogen) atoms. The molecule has 0 aliphatic carbocycles. The summed E-state index contributed by atoms with van der Waals surface area (Å²) in [7, 11) is 0. The number of halogens is 1. The van der Waals surface area contributed by atoms with Gasteiger partial charge in [0.15, 0.2) is 0 Å².